The van der Waals surface area contributed by atoms with Gasteiger partial charge in [0, 0.05) is 30.5 Å². The van der Waals surface area contributed by atoms with E-state index >= 15 is 0 Å². The fourth-order valence-electron chi connectivity index (χ4n) is 2.18. The van der Waals surface area contributed by atoms with Crippen LogP contribution in [-0.4, -0.2) is 25.1 Å². The van der Waals surface area contributed by atoms with Crippen molar-refractivity contribution >= 4 is 46.2 Å². The van der Waals surface area contributed by atoms with Crippen molar-refractivity contribution in [3.05, 3.63) is 62.3 Å². The Labute approximate surface area is 175 Å². The molecule has 2 rings (SSSR count). The predicted molar refractivity (Wildman–Crippen MR) is 109 cm³/mol. The molecule has 0 radical (unpaired) electrons. The number of halogens is 2. The number of rotatable bonds is 7. The lowest BCUT2D eigenvalue weighted by Gasteiger charge is -2.12. The van der Waals surface area contributed by atoms with Crippen molar-refractivity contribution in [1.29, 1.82) is 5.26 Å². The molecule has 0 fully saturated rings. The van der Waals surface area contributed by atoms with Crippen LogP contribution in [0.5, 0.6) is 11.5 Å². The molecule has 0 heterocycles. The Morgan fingerprint density at radius 3 is 2.41 bits per heavy atom. The highest BCUT2D eigenvalue weighted by Crippen LogP contribution is 2.36. The van der Waals surface area contributed by atoms with Crippen LogP contribution in [0.2, 0.25) is 10.0 Å². The van der Waals surface area contributed by atoms with E-state index in [2.05, 4.69) is 10.6 Å². The average molecular weight is 437 g/mol. The van der Waals surface area contributed by atoms with Gasteiger partial charge in [0.2, 0.25) is 0 Å². The Bertz CT molecular complexity index is 1030. The van der Waals surface area contributed by atoms with Gasteiger partial charge in [-0.15, -0.1) is 0 Å². The lowest BCUT2D eigenvalue weighted by molar-refractivity contribution is -0.384. The smallest absolute Gasteiger partial charge is 0.271 e. The highest BCUT2D eigenvalue weighted by Gasteiger charge is 2.16. The highest BCUT2D eigenvalue weighted by molar-refractivity contribution is 6.34. The second kappa shape index (κ2) is 9.64. The molecule has 0 bridgehead atoms. The number of nitro benzene ring substituents is 1. The molecular formula is C18H14Cl2N4O5. The number of nitrogens with one attached hydrogen (secondary N) is 2. The lowest BCUT2D eigenvalue weighted by atomic mass is 10.2. The molecule has 0 saturated carbocycles. The normalized spacial score (nSPS) is 10.7. The third-order valence-electron chi connectivity index (χ3n) is 3.62. The first-order valence-electron chi connectivity index (χ1n) is 7.84. The van der Waals surface area contributed by atoms with Gasteiger partial charge in [-0.25, -0.2) is 0 Å². The number of anilines is 2. The van der Waals surface area contributed by atoms with Gasteiger partial charge in [-0.1, -0.05) is 23.2 Å². The molecular weight excluding hydrogens is 423 g/mol. The number of nitrogens with zero attached hydrogens (tertiary/aromatic N) is 2. The number of methoxy groups -OCH3 is 2. The number of carbonyl (C=O) groups excluding carboxylic acids is 1. The number of non-ortho nitro benzene ring substituents is 1. The van der Waals surface area contributed by atoms with Gasteiger partial charge >= 0.3 is 0 Å². The molecule has 0 aromatic heterocycles. The molecule has 1 amide bonds. The highest BCUT2D eigenvalue weighted by atomic mass is 35.5. The zero-order chi connectivity index (χ0) is 21.6. The van der Waals surface area contributed by atoms with Crippen molar-refractivity contribution in [3.8, 4) is 17.6 Å². The van der Waals surface area contributed by atoms with Gasteiger partial charge in [-0.2, -0.15) is 5.26 Å². The van der Waals surface area contributed by atoms with Crippen LogP contribution >= 0.6 is 23.2 Å². The first kappa shape index (κ1) is 21.8. The summed E-state index contributed by atoms with van der Waals surface area (Å²) < 4.78 is 10.3. The summed E-state index contributed by atoms with van der Waals surface area (Å²) in [5.41, 5.74) is -0.188. The maximum atomic E-state index is 12.4. The summed E-state index contributed by atoms with van der Waals surface area (Å²) in [6, 6.07) is 8.33. The summed E-state index contributed by atoms with van der Waals surface area (Å²) in [7, 11) is 2.86. The molecule has 2 aromatic carbocycles. The Balaban J connectivity index is 2.27. The number of ether oxygens (including phenoxy) is 2. The van der Waals surface area contributed by atoms with E-state index in [0.29, 0.717) is 22.2 Å². The number of carbonyl (C=O) groups is 1. The molecule has 0 aliphatic carbocycles. The van der Waals surface area contributed by atoms with Crippen LogP contribution in [-0.2, 0) is 4.79 Å². The van der Waals surface area contributed by atoms with E-state index in [0.717, 1.165) is 12.3 Å². The Hall–Kier alpha value is -3.48. The monoisotopic (exact) mass is 436 g/mol. The third kappa shape index (κ3) is 5.28. The van der Waals surface area contributed by atoms with Crippen molar-refractivity contribution in [2.24, 2.45) is 0 Å². The number of benzene rings is 2. The number of hydrogen-bond donors (Lipinski definition) is 2. The van der Waals surface area contributed by atoms with E-state index in [4.69, 9.17) is 32.7 Å². The van der Waals surface area contributed by atoms with E-state index in [9.17, 15) is 20.2 Å². The fraction of sp³-hybridized carbons (Fsp3) is 0.111. The number of nitriles is 1. The van der Waals surface area contributed by atoms with Crippen LogP contribution in [0, 0.1) is 21.4 Å². The number of nitro groups is 1. The second-order valence-electron chi connectivity index (χ2n) is 5.38. The Morgan fingerprint density at radius 2 is 1.83 bits per heavy atom. The van der Waals surface area contributed by atoms with Crippen molar-refractivity contribution in [1.82, 2.24) is 0 Å². The van der Waals surface area contributed by atoms with Crippen LogP contribution in [0.1, 0.15) is 0 Å². The van der Waals surface area contributed by atoms with Gasteiger partial charge in [-0.3, -0.25) is 14.9 Å². The molecule has 0 saturated heterocycles. The van der Waals surface area contributed by atoms with Gasteiger partial charge in [0.15, 0.2) is 0 Å². The minimum atomic E-state index is -0.817. The van der Waals surface area contributed by atoms with Crippen LogP contribution < -0.4 is 20.1 Å². The van der Waals surface area contributed by atoms with Crippen molar-refractivity contribution in [3.63, 3.8) is 0 Å². The third-order valence-corrected chi connectivity index (χ3v) is 4.24. The van der Waals surface area contributed by atoms with Gasteiger partial charge in [0.25, 0.3) is 11.6 Å². The van der Waals surface area contributed by atoms with Crippen LogP contribution in [0.4, 0.5) is 17.1 Å². The standard InChI is InChI=1S/C18H14Cl2N4O5/c1-28-16-7-15(17(29-2)6-13(16)20)22-9-10(8-21)18(25)23-14-5-11(24(26)27)3-4-12(14)19/h3-7,9,22H,1-2H3,(H,23,25)/b10-9-. The van der Waals surface area contributed by atoms with E-state index in [1.54, 1.807) is 6.07 Å². The molecule has 0 aliphatic rings. The fourth-order valence-corrected chi connectivity index (χ4v) is 2.58. The summed E-state index contributed by atoms with van der Waals surface area (Å²) in [4.78, 5) is 22.6. The summed E-state index contributed by atoms with van der Waals surface area (Å²) in [5.74, 6) is -0.108. The first-order chi connectivity index (χ1) is 13.8. The molecule has 0 spiro atoms. The largest absolute Gasteiger partial charge is 0.495 e. The molecule has 0 unspecified atom stereocenters. The topological polar surface area (TPSA) is 127 Å². The van der Waals surface area contributed by atoms with Gasteiger partial charge in [-0.05, 0) is 6.07 Å². The predicted octanol–water partition coefficient (Wildman–Crippen LogP) is 4.38. The summed E-state index contributed by atoms with van der Waals surface area (Å²) >= 11 is 12.0. The van der Waals surface area contributed by atoms with Crippen LogP contribution in [0.15, 0.2) is 42.1 Å². The molecule has 2 N–H and O–H groups in total. The first-order valence-corrected chi connectivity index (χ1v) is 8.60. The SMILES string of the molecule is COc1cc(N/C=C(/C#N)C(=O)Nc2cc([N+](=O)[O-])ccc2Cl)c(OC)cc1Cl. The number of hydrogen-bond acceptors (Lipinski definition) is 7. The van der Waals surface area contributed by atoms with Gasteiger partial charge < -0.3 is 20.1 Å². The molecule has 0 atom stereocenters. The van der Waals surface area contributed by atoms with Crippen molar-refractivity contribution in [2.45, 2.75) is 0 Å². The molecule has 9 nitrogen and oxygen atoms in total. The second-order valence-corrected chi connectivity index (χ2v) is 6.19. The van der Waals surface area contributed by atoms with E-state index < -0.39 is 10.8 Å². The van der Waals surface area contributed by atoms with E-state index in [1.165, 1.54) is 38.5 Å². The molecule has 29 heavy (non-hydrogen) atoms. The molecule has 0 aliphatic heterocycles. The van der Waals surface area contributed by atoms with Crippen LogP contribution in [0.25, 0.3) is 0 Å². The number of amides is 1. The Morgan fingerprint density at radius 1 is 1.14 bits per heavy atom. The van der Waals surface area contributed by atoms with E-state index in [1.807, 2.05) is 0 Å². The maximum Gasteiger partial charge on any atom is 0.271 e. The zero-order valence-corrected chi connectivity index (χ0v) is 16.7. The lowest BCUT2D eigenvalue weighted by Crippen LogP contribution is -2.15. The minimum Gasteiger partial charge on any atom is -0.495 e. The van der Waals surface area contributed by atoms with Crippen molar-refractivity contribution in [2.75, 3.05) is 24.9 Å². The minimum absolute atomic E-state index is 0.00207. The molecule has 150 valence electrons. The average Bonchev–Trinajstić information content (AvgIpc) is 2.70. The van der Waals surface area contributed by atoms with Gasteiger partial charge in [0.05, 0.1) is 40.6 Å². The molecule has 2 aromatic rings. The quantitative estimate of drug-likeness (QED) is 0.285. The zero-order valence-electron chi connectivity index (χ0n) is 15.2. The van der Waals surface area contributed by atoms with Crippen molar-refractivity contribution < 1.29 is 19.2 Å². The maximum absolute atomic E-state index is 12.4. The summed E-state index contributed by atoms with van der Waals surface area (Å²) in [6.45, 7) is 0. The summed E-state index contributed by atoms with van der Waals surface area (Å²) in [6.07, 6.45) is 1.14. The Kier molecular flexibility index (Phi) is 7.25. The molecule has 11 heteroatoms. The van der Waals surface area contributed by atoms with E-state index in [-0.39, 0.29) is 22.0 Å². The van der Waals surface area contributed by atoms with Gasteiger partial charge in [0.1, 0.15) is 23.1 Å². The summed E-state index contributed by atoms with van der Waals surface area (Å²) in [5, 5.41) is 25.7. The van der Waals surface area contributed by atoms with Crippen LogP contribution in [0.3, 0.4) is 0 Å².